The second kappa shape index (κ2) is 15.4. The number of carboxylic acids is 1. The summed E-state index contributed by atoms with van der Waals surface area (Å²) >= 11 is 5.63. The normalized spacial score (nSPS) is 16.0. The van der Waals surface area contributed by atoms with Crippen molar-refractivity contribution in [3.63, 3.8) is 0 Å². The van der Waals surface area contributed by atoms with Crippen LogP contribution in [0.2, 0.25) is 0 Å². The van der Waals surface area contributed by atoms with Gasteiger partial charge >= 0.3 is 5.97 Å². The number of carboxylic acid groups (broad SMARTS) is 1. The molecule has 6 N–H and O–H groups in total. The fourth-order valence-electron chi connectivity index (χ4n) is 2.80. The molecule has 0 aliphatic rings. The molecule has 5 atom stereocenters. The highest BCUT2D eigenvalue weighted by Gasteiger charge is 2.31. The average Bonchev–Trinajstić information content (AvgIpc) is 2.71. The highest BCUT2D eigenvalue weighted by Crippen LogP contribution is 2.10. The first-order valence-corrected chi connectivity index (χ1v) is 12.5. The van der Waals surface area contributed by atoms with E-state index < -0.39 is 47.9 Å². The van der Waals surface area contributed by atoms with Crippen LogP contribution in [0.3, 0.4) is 0 Å². The predicted molar refractivity (Wildman–Crippen MR) is 127 cm³/mol. The number of nitrogens with one attached hydrogen (secondary N) is 3. The summed E-state index contributed by atoms with van der Waals surface area (Å²) in [5.41, 5.74) is 5.87. The van der Waals surface area contributed by atoms with Crippen molar-refractivity contribution in [2.45, 2.75) is 71.1 Å². The molecule has 0 fully saturated rings. The molecule has 0 aromatic carbocycles. The zero-order valence-electron chi connectivity index (χ0n) is 19.0. The van der Waals surface area contributed by atoms with Gasteiger partial charge in [0.2, 0.25) is 17.7 Å². The maximum Gasteiger partial charge on any atom is 0.326 e. The van der Waals surface area contributed by atoms with Crippen molar-refractivity contribution < 1.29 is 24.3 Å². The van der Waals surface area contributed by atoms with Crippen molar-refractivity contribution in [3.05, 3.63) is 0 Å². The van der Waals surface area contributed by atoms with Gasteiger partial charge in [-0.05, 0) is 36.7 Å². The van der Waals surface area contributed by atoms with E-state index in [0.717, 1.165) is 0 Å². The predicted octanol–water partition coefficient (Wildman–Crippen LogP) is 0.628. The number of carbonyl (C=O) groups excluding carboxylic acids is 3. The van der Waals surface area contributed by atoms with Crippen molar-refractivity contribution in [1.29, 1.82) is 0 Å². The van der Waals surface area contributed by atoms with E-state index in [0.29, 0.717) is 25.0 Å². The molecule has 0 bridgehead atoms. The number of rotatable bonds is 15. The van der Waals surface area contributed by atoms with E-state index in [1.165, 1.54) is 11.8 Å². The number of hydrogen-bond donors (Lipinski definition) is 6. The number of aliphatic carboxylic acids is 1. The SMILES string of the molecule is CCC(C)C(NC(=O)C(CCSC)NC(=O)C(CS)NC(=O)C(N)CC(C)C)C(=O)O. The molecule has 180 valence electrons. The molecule has 9 nitrogen and oxygen atoms in total. The van der Waals surface area contributed by atoms with E-state index in [1.807, 2.05) is 27.0 Å². The standard InChI is InChI=1S/C20H38N4O5S2/c1-6-12(4)16(20(28)29)24-18(26)14(7-8-31-5)22-19(27)15(10-30)23-17(25)13(21)9-11(2)3/h11-16,30H,6-10,21H2,1-5H3,(H,22,27)(H,23,25)(H,24,26)(H,28,29). The van der Waals surface area contributed by atoms with Gasteiger partial charge < -0.3 is 26.8 Å². The summed E-state index contributed by atoms with van der Waals surface area (Å²) in [5, 5.41) is 17.2. The first kappa shape index (κ1) is 29.5. The fraction of sp³-hybridized carbons (Fsp3) is 0.800. The first-order valence-electron chi connectivity index (χ1n) is 10.5. The molecular weight excluding hydrogens is 440 g/mol. The second-order valence-corrected chi connectivity index (χ2v) is 9.38. The molecule has 0 radical (unpaired) electrons. The smallest absolute Gasteiger partial charge is 0.326 e. The highest BCUT2D eigenvalue weighted by molar-refractivity contribution is 7.98. The molecule has 31 heavy (non-hydrogen) atoms. The maximum absolute atomic E-state index is 12.8. The third-order valence-corrected chi connectivity index (χ3v) is 5.91. The lowest BCUT2D eigenvalue weighted by atomic mass is 9.98. The lowest BCUT2D eigenvalue weighted by Crippen LogP contribution is -2.58. The van der Waals surface area contributed by atoms with Crippen molar-refractivity contribution >= 4 is 48.1 Å². The molecule has 0 rings (SSSR count). The van der Waals surface area contributed by atoms with Crippen LogP contribution < -0.4 is 21.7 Å². The van der Waals surface area contributed by atoms with Crippen molar-refractivity contribution in [2.75, 3.05) is 17.8 Å². The lowest BCUT2D eigenvalue weighted by Gasteiger charge is -2.26. The highest BCUT2D eigenvalue weighted by atomic mass is 32.2. The zero-order valence-corrected chi connectivity index (χ0v) is 20.7. The number of thioether (sulfide) groups is 1. The van der Waals surface area contributed by atoms with E-state index >= 15 is 0 Å². The van der Waals surface area contributed by atoms with E-state index in [9.17, 15) is 24.3 Å². The van der Waals surface area contributed by atoms with Gasteiger partial charge in [0.05, 0.1) is 6.04 Å². The van der Waals surface area contributed by atoms with Gasteiger partial charge in [0.1, 0.15) is 18.1 Å². The number of amides is 3. The molecule has 0 aliphatic carbocycles. The average molecular weight is 479 g/mol. The van der Waals surface area contributed by atoms with Crippen molar-refractivity contribution in [2.24, 2.45) is 17.6 Å². The van der Waals surface area contributed by atoms with Crippen LogP contribution in [0.5, 0.6) is 0 Å². The van der Waals surface area contributed by atoms with Crippen LogP contribution in [0.4, 0.5) is 0 Å². The monoisotopic (exact) mass is 478 g/mol. The molecule has 11 heteroatoms. The number of carbonyl (C=O) groups is 4. The Balaban J connectivity index is 5.25. The van der Waals surface area contributed by atoms with Gasteiger partial charge in [-0.2, -0.15) is 24.4 Å². The van der Waals surface area contributed by atoms with Crippen LogP contribution in [-0.4, -0.2) is 70.7 Å². The summed E-state index contributed by atoms with van der Waals surface area (Å²) < 4.78 is 0. The fourth-order valence-corrected chi connectivity index (χ4v) is 3.53. The van der Waals surface area contributed by atoms with E-state index in [-0.39, 0.29) is 17.6 Å². The van der Waals surface area contributed by atoms with Gasteiger partial charge in [-0.3, -0.25) is 14.4 Å². The molecular formula is C20H38N4O5S2. The van der Waals surface area contributed by atoms with Gasteiger partial charge in [-0.1, -0.05) is 34.1 Å². The summed E-state index contributed by atoms with van der Waals surface area (Å²) in [4.78, 5) is 49.3. The van der Waals surface area contributed by atoms with Gasteiger partial charge in [0.15, 0.2) is 0 Å². The quantitative estimate of drug-likeness (QED) is 0.189. The minimum Gasteiger partial charge on any atom is -0.480 e. The Morgan fingerprint density at radius 3 is 2.00 bits per heavy atom. The summed E-state index contributed by atoms with van der Waals surface area (Å²) in [5.74, 6) is -2.19. The minimum atomic E-state index is -1.13. The Morgan fingerprint density at radius 1 is 1.00 bits per heavy atom. The molecule has 0 aromatic heterocycles. The first-order chi connectivity index (χ1) is 14.5. The Kier molecular flexibility index (Phi) is 14.6. The summed E-state index contributed by atoms with van der Waals surface area (Å²) in [7, 11) is 0. The number of hydrogen-bond acceptors (Lipinski definition) is 7. The Labute approximate surface area is 194 Å². The molecule has 0 aromatic rings. The zero-order chi connectivity index (χ0) is 24.1. The van der Waals surface area contributed by atoms with Gasteiger partial charge in [0.25, 0.3) is 0 Å². The molecule has 0 saturated heterocycles. The largest absolute Gasteiger partial charge is 0.480 e. The van der Waals surface area contributed by atoms with Crippen molar-refractivity contribution in [3.8, 4) is 0 Å². The third-order valence-electron chi connectivity index (χ3n) is 4.90. The van der Waals surface area contributed by atoms with Crippen LogP contribution in [0.25, 0.3) is 0 Å². The third kappa shape index (κ3) is 11.1. The minimum absolute atomic E-state index is 0.0213. The lowest BCUT2D eigenvalue weighted by molar-refractivity contribution is -0.143. The Hall–Kier alpha value is -1.46. The number of thiol groups is 1. The van der Waals surface area contributed by atoms with E-state index in [2.05, 4.69) is 28.6 Å². The second-order valence-electron chi connectivity index (χ2n) is 8.03. The molecule has 3 amide bonds. The summed E-state index contributed by atoms with van der Waals surface area (Å²) in [6, 6.07) is -3.71. The number of nitrogens with two attached hydrogens (primary N) is 1. The molecule has 5 unspecified atom stereocenters. The summed E-state index contributed by atoms with van der Waals surface area (Å²) in [6.45, 7) is 7.45. The van der Waals surface area contributed by atoms with Crippen LogP contribution in [0.1, 0.15) is 47.0 Å². The van der Waals surface area contributed by atoms with E-state index in [1.54, 1.807) is 6.92 Å². The topological polar surface area (TPSA) is 151 Å². The van der Waals surface area contributed by atoms with Crippen molar-refractivity contribution in [1.82, 2.24) is 16.0 Å². The molecule has 0 aliphatic heterocycles. The van der Waals surface area contributed by atoms with Crippen LogP contribution >= 0.6 is 24.4 Å². The van der Waals surface area contributed by atoms with Gasteiger partial charge in [0, 0.05) is 5.75 Å². The maximum atomic E-state index is 12.8. The molecule has 0 heterocycles. The Morgan fingerprint density at radius 2 is 1.55 bits per heavy atom. The Bertz CT molecular complexity index is 606. The van der Waals surface area contributed by atoms with Crippen LogP contribution in [0, 0.1) is 11.8 Å². The summed E-state index contributed by atoms with van der Waals surface area (Å²) in [6.07, 6.45) is 3.22. The van der Waals surface area contributed by atoms with Crippen LogP contribution in [0.15, 0.2) is 0 Å². The van der Waals surface area contributed by atoms with E-state index in [4.69, 9.17) is 5.73 Å². The van der Waals surface area contributed by atoms with Crippen LogP contribution in [-0.2, 0) is 19.2 Å². The van der Waals surface area contributed by atoms with Gasteiger partial charge in [-0.15, -0.1) is 0 Å². The molecule has 0 spiro atoms. The molecule has 0 saturated carbocycles. The van der Waals surface area contributed by atoms with Gasteiger partial charge in [-0.25, -0.2) is 4.79 Å².